The Morgan fingerprint density at radius 1 is 0.882 bits per heavy atom. The summed E-state index contributed by atoms with van der Waals surface area (Å²) >= 11 is 0. The molecule has 2 aliphatic rings. The van der Waals surface area contributed by atoms with Gasteiger partial charge in [0.2, 0.25) is 0 Å². The molecule has 0 spiro atoms. The van der Waals surface area contributed by atoms with Crippen molar-refractivity contribution in [3.05, 3.63) is 47.6 Å². The summed E-state index contributed by atoms with van der Waals surface area (Å²) in [6.07, 6.45) is 16.2. The summed E-state index contributed by atoms with van der Waals surface area (Å²) in [6, 6.07) is 0. The molecule has 2 aliphatic carbocycles. The van der Waals surface area contributed by atoms with Gasteiger partial charge in [-0.15, -0.1) is 0 Å². The minimum absolute atomic E-state index is 0.203. The summed E-state index contributed by atoms with van der Waals surface area (Å²) in [5.74, 6) is 1.29. The summed E-state index contributed by atoms with van der Waals surface area (Å²) in [5.41, 5.74) is 3.38. The van der Waals surface area contributed by atoms with Crippen molar-refractivity contribution in [1.29, 1.82) is 0 Å². The fraction of sp³-hybridized carbons (Fsp3) is 0.529. The zero-order valence-corrected chi connectivity index (χ0v) is 11.5. The van der Waals surface area contributed by atoms with Gasteiger partial charge in [0.05, 0.1) is 0 Å². The maximum Gasteiger partial charge on any atom is 0.00820 e. The average molecular weight is 228 g/mol. The smallest absolute Gasteiger partial charge is 0.00820 e. The molecule has 17 heavy (non-hydrogen) atoms. The predicted molar refractivity (Wildman–Crippen MR) is 75.8 cm³/mol. The van der Waals surface area contributed by atoms with Gasteiger partial charge in [0.25, 0.3) is 0 Å². The molecular formula is C17H24. The van der Waals surface area contributed by atoms with E-state index in [1.165, 1.54) is 12.8 Å². The molecule has 2 atom stereocenters. The van der Waals surface area contributed by atoms with Crippen molar-refractivity contribution in [2.75, 3.05) is 0 Å². The first kappa shape index (κ1) is 12.4. The van der Waals surface area contributed by atoms with Crippen molar-refractivity contribution < 1.29 is 0 Å². The van der Waals surface area contributed by atoms with Crippen LogP contribution in [0.5, 0.6) is 0 Å². The molecule has 0 saturated heterocycles. The molecule has 0 N–H and O–H groups in total. The first-order chi connectivity index (χ1) is 8.11. The lowest BCUT2D eigenvalue weighted by Crippen LogP contribution is -2.24. The van der Waals surface area contributed by atoms with Crippen LogP contribution in [0.3, 0.4) is 0 Å². The molecule has 0 aliphatic heterocycles. The van der Waals surface area contributed by atoms with E-state index in [0.29, 0.717) is 11.8 Å². The third-order valence-electron chi connectivity index (χ3n) is 4.36. The summed E-state index contributed by atoms with van der Waals surface area (Å²) < 4.78 is 0. The van der Waals surface area contributed by atoms with Crippen LogP contribution in [-0.2, 0) is 0 Å². The van der Waals surface area contributed by atoms with E-state index in [-0.39, 0.29) is 5.41 Å². The van der Waals surface area contributed by atoms with Gasteiger partial charge in [0.1, 0.15) is 0 Å². The largest absolute Gasteiger partial charge is 0.0773 e. The van der Waals surface area contributed by atoms with Crippen LogP contribution in [0.4, 0.5) is 0 Å². The summed E-state index contributed by atoms with van der Waals surface area (Å²) in [6.45, 7) is 9.33. The molecule has 2 rings (SSSR count). The third kappa shape index (κ3) is 2.06. The van der Waals surface area contributed by atoms with Gasteiger partial charge in [0, 0.05) is 5.41 Å². The molecule has 0 bridgehead atoms. The highest BCUT2D eigenvalue weighted by Crippen LogP contribution is 2.47. The molecule has 0 heterocycles. The number of hydrogen-bond donors (Lipinski definition) is 0. The Bertz CT molecular complexity index is 364. The van der Waals surface area contributed by atoms with Gasteiger partial charge in [-0.05, 0) is 24.7 Å². The van der Waals surface area contributed by atoms with E-state index in [2.05, 4.69) is 64.2 Å². The quantitative estimate of drug-likeness (QED) is 0.631. The van der Waals surface area contributed by atoms with Crippen LogP contribution < -0.4 is 0 Å². The van der Waals surface area contributed by atoms with Crippen molar-refractivity contribution in [3.63, 3.8) is 0 Å². The lowest BCUT2D eigenvalue weighted by molar-refractivity contribution is 0.439. The van der Waals surface area contributed by atoms with Crippen molar-refractivity contribution in [1.82, 2.24) is 0 Å². The summed E-state index contributed by atoms with van der Waals surface area (Å²) in [7, 11) is 0. The minimum atomic E-state index is 0.203. The fourth-order valence-electron chi connectivity index (χ4n) is 3.26. The molecule has 0 nitrogen and oxygen atoms in total. The first-order valence-electron chi connectivity index (χ1n) is 6.89. The van der Waals surface area contributed by atoms with Gasteiger partial charge in [-0.1, -0.05) is 75.3 Å². The van der Waals surface area contributed by atoms with Crippen LogP contribution >= 0.6 is 0 Å². The SMILES string of the molecule is CCC1C=CC=C1C(C)(C)C1=CC=CC1CC. The molecule has 0 fully saturated rings. The molecule has 0 heteroatoms. The average Bonchev–Trinajstić information content (AvgIpc) is 2.97. The van der Waals surface area contributed by atoms with E-state index in [1.807, 2.05) is 0 Å². The lowest BCUT2D eigenvalue weighted by atomic mass is 9.69. The van der Waals surface area contributed by atoms with Gasteiger partial charge >= 0.3 is 0 Å². The van der Waals surface area contributed by atoms with Crippen molar-refractivity contribution in [2.24, 2.45) is 17.3 Å². The van der Waals surface area contributed by atoms with Crippen LogP contribution in [0.2, 0.25) is 0 Å². The van der Waals surface area contributed by atoms with Crippen molar-refractivity contribution in [3.8, 4) is 0 Å². The number of allylic oxidation sites excluding steroid dienone is 8. The van der Waals surface area contributed by atoms with Gasteiger partial charge in [-0.25, -0.2) is 0 Å². The topological polar surface area (TPSA) is 0 Å². The standard InChI is InChI=1S/C17H24/c1-5-13-9-7-11-15(13)17(3,4)16-12-8-10-14(16)6-2/h7-14H,5-6H2,1-4H3. The molecule has 0 radical (unpaired) electrons. The van der Waals surface area contributed by atoms with Gasteiger partial charge in [0.15, 0.2) is 0 Å². The van der Waals surface area contributed by atoms with E-state index in [4.69, 9.17) is 0 Å². The van der Waals surface area contributed by atoms with E-state index in [1.54, 1.807) is 11.1 Å². The Balaban J connectivity index is 2.26. The second-order valence-corrected chi connectivity index (χ2v) is 5.67. The maximum atomic E-state index is 2.38. The van der Waals surface area contributed by atoms with Crippen molar-refractivity contribution in [2.45, 2.75) is 40.5 Å². The Morgan fingerprint density at radius 3 is 1.65 bits per heavy atom. The van der Waals surface area contributed by atoms with Crippen LogP contribution in [0.15, 0.2) is 47.6 Å². The highest BCUT2D eigenvalue weighted by Gasteiger charge is 2.35. The van der Waals surface area contributed by atoms with Gasteiger partial charge < -0.3 is 0 Å². The van der Waals surface area contributed by atoms with E-state index < -0.39 is 0 Å². The summed E-state index contributed by atoms with van der Waals surface area (Å²) in [4.78, 5) is 0. The van der Waals surface area contributed by atoms with Crippen LogP contribution in [0, 0.1) is 17.3 Å². The van der Waals surface area contributed by atoms with E-state index in [0.717, 1.165) is 0 Å². The van der Waals surface area contributed by atoms with E-state index in [9.17, 15) is 0 Å². The van der Waals surface area contributed by atoms with Crippen LogP contribution in [0.1, 0.15) is 40.5 Å². The zero-order chi connectivity index (χ0) is 12.5. The zero-order valence-electron chi connectivity index (χ0n) is 11.5. The Labute approximate surface area is 106 Å². The van der Waals surface area contributed by atoms with Crippen LogP contribution in [0.25, 0.3) is 0 Å². The highest BCUT2D eigenvalue weighted by atomic mass is 14.4. The van der Waals surface area contributed by atoms with E-state index >= 15 is 0 Å². The summed E-state index contributed by atoms with van der Waals surface area (Å²) in [5, 5.41) is 0. The second-order valence-electron chi connectivity index (χ2n) is 5.67. The Hall–Kier alpha value is -1.04. The van der Waals surface area contributed by atoms with Crippen molar-refractivity contribution >= 4 is 0 Å². The molecule has 0 aromatic rings. The first-order valence-corrected chi connectivity index (χ1v) is 6.89. The third-order valence-corrected chi connectivity index (χ3v) is 4.36. The molecule has 0 amide bonds. The molecule has 0 aromatic heterocycles. The number of rotatable bonds is 4. The molecule has 0 aromatic carbocycles. The van der Waals surface area contributed by atoms with Gasteiger partial charge in [-0.3, -0.25) is 0 Å². The van der Waals surface area contributed by atoms with Gasteiger partial charge in [-0.2, -0.15) is 0 Å². The molecule has 2 unspecified atom stereocenters. The Morgan fingerprint density at radius 2 is 1.29 bits per heavy atom. The molecule has 0 saturated carbocycles. The second kappa shape index (κ2) is 4.68. The maximum absolute atomic E-state index is 2.38. The fourth-order valence-corrected chi connectivity index (χ4v) is 3.26. The normalized spacial score (nSPS) is 27.5. The minimum Gasteiger partial charge on any atom is -0.0773 e. The highest BCUT2D eigenvalue weighted by molar-refractivity contribution is 5.43. The predicted octanol–water partition coefficient (Wildman–Crippen LogP) is 5.06. The van der Waals surface area contributed by atoms with Crippen LogP contribution in [-0.4, -0.2) is 0 Å². The monoisotopic (exact) mass is 228 g/mol. The number of hydrogen-bond acceptors (Lipinski definition) is 0. The molecular weight excluding hydrogens is 204 g/mol. The molecule has 92 valence electrons. The lowest BCUT2D eigenvalue weighted by Gasteiger charge is -2.35. The Kier molecular flexibility index (Phi) is 3.42.